The van der Waals surface area contributed by atoms with Crippen molar-refractivity contribution in [2.75, 3.05) is 6.54 Å². The molecule has 1 aliphatic rings. The third-order valence-electron chi connectivity index (χ3n) is 7.64. The summed E-state index contributed by atoms with van der Waals surface area (Å²) in [6, 6.07) is 15.0. The van der Waals surface area contributed by atoms with Crippen LogP contribution in [-0.4, -0.2) is 55.2 Å². The third-order valence-corrected chi connectivity index (χ3v) is 7.64. The minimum Gasteiger partial charge on any atom is -0.489 e. The smallest absolute Gasteiger partial charge is 0.304 e. The number of carboxylic acid groups (broad SMARTS) is 2. The van der Waals surface area contributed by atoms with E-state index in [0.717, 1.165) is 57.4 Å². The molecule has 2 atom stereocenters. The highest BCUT2D eigenvalue weighted by atomic mass is 19.1. The Balaban J connectivity index is 0.00000124. The largest absolute Gasteiger partial charge is 0.489 e. The Hall–Kier alpha value is -4.31. The second kappa shape index (κ2) is 12.9. The Morgan fingerprint density at radius 1 is 1.20 bits per heavy atom. The van der Waals surface area contributed by atoms with E-state index in [-0.39, 0.29) is 30.7 Å². The first-order valence-electron chi connectivity index (χ1n) is 13.5. The lowest BCUT2D eigenvalue weighted by Crippen LogP contribution is -2.32. The fourth-order valence-electron chi connectivity index (χ4n) is 5.44. The van der Waals surface area contributed by atoms with Gasteiger partial charge < -0.3 is 14.9 Å². The van der Waals surface area contributed by atoms with Crippen LogP contribution in [0.15, 0.2) is 48.5 Å². The van der Waals surface area contributed by atoms with Crippen molar-refractivity contribution in [3.05, 3.63) is 87.7 Å². The molecule has 216 valence electrons. The average Bonchev–Trinajstić information content (AvgIpc) is 3.22. The van der Waals surface area contributed by atoms with Crippen LogP contribution in [0.3, 0.4) is 0 Å². The number of ether oxygens (including phenoxy) is 1. The molecule has 4 aromatic rings. The molecule has 10 heteroatoms. The van der Waals surface area contributed by atoms with Gasteiger partial charge in [-0.3, -0.25) is 14.5 Å². The Bertz CT molecular complexity index is 1550. The molecule has 2 heterocycles. The monoisotopic (exact) mass is 562 g/mol. The molecule has 0 spiro atoms. The van der Waals surface area contributed by atoms with Crippen LogP contribution in [0.4, 0.5) is 4.39 Å². The van der Waals surface area contributed by atoms with Crippen molar-refractivity contribution in [1.29, 1.82) is 0 Å². The summed E-state index contributed by atoms with van der Waals surface area (Å²) in [5.41, 5.74) is 7.80. The van der Waals surface area contributed by atoms with Gasteiger partial charge in [0.15, 0.2) is 0 Å². The molecule has 5 rings (SSSR count). The minimum atomic E-state index is -0.852. The molecule has 0 radical (unpaired) electrons. The van der Waals surface area contributed by atoms with Gasteiger partial charge in [-0.05, 0) is 60.2 Å². The van der Waals surface area contributed by atoms with Crippen molar-refractivity contribution < 1.29 is 28.9 Å². The van der Waals surface area contributed by atoms with Crippen molar-refractivity contribution in [3.63, 3.8) is 0 Å². The summed E-state index contributed by atoms with van der Waals surface area (Å²) >= 11 is 0. The molecule has 3 aromatic carbocycles. The maximum Gasteiger partial charge on any atom is 0.304 e. The van der Waals surface area contributed by atoms with Crippen molar-refractivity contribution in [2.24, 2.45) is 7.05 Å². The van der Waals surface area contributed by atoms with Crippen molar-refractivity contribution in [1.82, 2.24) is 19.9 Å². The second-order valence-electron chi connectivity index (χ2n) is 10.4. The van der Waals surface area contributed by atoms with E-state index in [1.165, 1.54) is 12.1 Å². The minimum absolute atomic E-state index is 0.0243. The van der Waals surface area contributed by atoms with Gasteiger partial charge in [-0.15, -0.1) is 5.10 Å². The van der Waals surface area contributed by atoms with Crippen LogP contribution in [0.25, 0.3) is 11.0 Å². The highest BCUT2D eigenvalue weighted by molar-refractivity contribution is 5.80. The first-order chi connectivity index (χ1) is 19.6. The van der Waals surface area contributed by atoms with Crippen LogP contribution in [0.5, 0.6) is 5.75 Å². The number of benzene rings is 3. The van der Waals surface area contributed by atoms with Gasteiger partial charge in [-0.25, -0.2) is 9.07 Å². The Labute approximate surface area is 238 Å². The van der Waals surface area contributed by atoms with Crippen LogP contribution in [0.2, 0.25) is 0 Å². The molecule has 2 N–H and O–H groups in total. The number of aromatic nitrogens is 3. The number of aryl methyl sites for hydroxylation is 3. The molecule has 41 heavy (non-hydrogen) atoms. The number of rotatable bonds is 7. The topological polar surface area (TPSA) is 118 Å². The first-order valence-corrected chi connectivity index (χ1v) is 13.5. The maximum atomic E-state index is 13.9. The number of hydrogen-bond donors (Lipinski definition) is 2. The summed E-state index contributed by atoms with van der Waals surface area (Å²) in [6.45, 7) is 7.94. The predicted molar refractivity (Wildman–Crippen MR) is 152 cm³/mol. The number of hydrogen-bond acceptors (Lipinski definition) is 6. The van der Waals surface area contributed by atoms with Crippen LogP contribution >= 0.6 is 0 Å². The summed E-state index contributed by atoms with van der Waals surface area (Å²) in [7, 11) is 1.85. The van der Waals surface area contributed by atoms with E-state index in [2.05, 4.69) is 41.2 Å². The predicted octanol–water partition coefficient (Wildman–Crippen LogP) is 5.20. The second-order valence-corrected chi connectivity index (χ2v) is 10.4. The lowest BCUT2D eigenvalue weighted by atomic mass is 9.84. The molecular weight excluding hydrogens is 527 g/mol. The van der Waals surface area contributed by atoms with Crippen molar-refractivity contribution >= 4 is 23.5 Å². The zero-order valence-electron chi connectivity index (χ0n) is 23.7. The van der Waals surface area contributed by atoms with Gasteiger partial charge in [0.05, 0.1) is 11.9 Å². The lowest BCUT2D eigenvalue weighted by molar-refractivity contribution is -0.137. The van der Waals surface area contributed by atoms with Crippen molar-refractivity contribution in [3.8, 4) is 5.75 Å². The summed E-state index contributed by atoms with van der Waals surface area (Å²) in [4.78, 5) is 22.7. The van der Waals surface area contributed by atoms with E-state index in [4.69, 9.17) is 14.6 Å². The molecule has 1 unspecified atom stereocenters. The Morgan fingerprint density at radius 2 is 1.95 bits per heavy atom. The molecule has 1 aliphatic heterocycles. The average molecular weight is 563 g/mol. The van der Waals surface area contributed by atoms with Crippen LogP contribution in [-0.2, 0) is 29.7 Å². The zero-order chi connectivity index (χ0) is 29.7. The fourth-order valence-corrected chi connectivity index (χ4v) is 5.44. The number of carbonyl (C=O) groups is 2. The molecule has 0 bridgehead atoms. The van der Waals surface area contributed by atoms with Crippen LogP contribution in [0.1, 0.15) is 59.1 Å². The summed E-state index contributed by atoms with van der Waals surface area (Å²) in [5.74, 6) is -0.857. The molecule has 0 saturated heterocycles. The van der Waals surface area contributed by atoms with Crippen LogP contribution in [0, 0.1) is 19.7 Å². The molecule has 0 saturated carbocycles. The van der Waals surface area contributed by atoms with E-state index < -0.39 is 5.97 Å². The van der Waals surface area contributed by atoms with E-state index in [9.17, 15) is 14.3 Å². The van der Waals surface area contributed by atoms with Gasteiger partial charge >= 0.3 is 5.97 Å². The number of halogens is 1. The number of carboxylic acids is 1. The van der Waals surface area contributed by atoms with Gasteiger partial charge in [-0.2, -0.15) is 0 Å². The van der Waals surface area contributed by atoms with E-state index >= 15 is 0 Å². The highest BCUT2D eigenvalue weighted by Crippen LogP contribution is 2.35. The third kappa shape index (κ3) is 6.71. The summed E-state index contributed by atoms with van der Waals surface area (Å²) in [5, 5.41) is 25.2. The molecule has 0 amide bonds. The summed E-state index contributed by atoms with van der Waals surface area (Å²) in [6.07, 6.45) is 0.752. The molecule has 0 fully saturated rings. The van der Waals surface area contributed by atoms with Crippen molar-refractivity contribution in [2.45, 2.75) is 58.7 Å². The van der Waals surface area contributed by atoms with E-state index in [0.29, 0.717) is 18.8 Å². The van der Waals surface area contributed by atoms with Gasteiger partial charge in [-0.1, -0.05) is 42.5 Å². The first kappa shape index (κ1) is 29.7. The number of nitrogens with zero attached hydrogens (tertiary/aromatic N) is 4. The van der Waals surface area contributed by atoms with Gasteiger partial charge in [0.25, 0.3) is 6.47 Å². The lowest BCUT2D eigenvalue weighted by Gasteiger charge is -2.25. The Kier molecular flexibility index (Phi) is 9.34. The molecule has 1 aromatic heterocycles. The summed E-state index contributed by atoms with van der Waals surface area (Å²) < 4.78 is 21.7. The highest BCUT2D eigenvalue weighted by Gasteiger charge is 2.25. The number of fused-ring (bicyclic) bond motifs is 2. The zero-order valence-corrected chi connectivity index (χ0v) is 23.7. The van der Waals surface area contributed by atoms with Gasteiger partial charge in [0, 0.05) is 44.2 Å². The van der Waals surface area contributed by atoms with E-state index in [1.807, 2.05) is 32.2 Å². The number of aliphatic carboxylic acids is 1. The molecule has 0 aliphatic carbocycles. The van der Waals surface area contributed by atoms with E-state index in [1.54, 1.807) is 10.7 Å². The normalized spacial score (nSPS) is 15.7. The Morgan fingerprint density at radius 3 is 2.66 bits per heavy atom. The van der Waals surface area contributed by atoms with Crippen LogP contribution < -0.4 is 4.74 Å². The van der Waals surface area contributed by atoms with Gasteiger partial charge in [0.1, 0.15) is 23.2 Å². The fraction of sp³-hybridized carbons (Fsp3) is 0.355. The SMILES string of the molecule is CC[C@@H]1CN(Cc2cc(C(CC(=O)O)c3ccc4c(nnn4C)c3C)ccc2C)Cc2ccc(F)cc2O1.O=CO. The quantitative estimate of drug-likeness (QED) is 0.295. The molecular formula is C31H35FN4O5. The molecule has 9 nitrogen and oxygen atoms in total. The van der Waals surface area contributed by atoms with Gasteiger partial charge in [0.2, 0.25) is 0 Å². The standard InChI is InChI=1S/C30H33FN4O3.CH2O2/c1-5-24-17-35(15-21-8-9-23(31)13-28(21)38-24)16-22-12-20(7-6-18(22)2)26(14-29(36)37)25-10-11-27-30(19(25)3)32-33-34(27)4;2-1-3/h6-13,24,26H,5,14-17H2,1-4H3,(H,36,37);1H,(H,2,3)/t24-,26?;/m1./s1. The maximum absolute atomic E-state index is 13.9.